The van der Waals surface area contributed by atoms with Crippen LogP contribution in [0.25, 0.3) is 4.98 Å². The normalized spacial score (nSPS) is 9.97. The number of amides is 1. The van der Waals surface area contributed by atoms with Crippen LogP contribution in [0.3, 0.4) is 0 Å². The first-order valence-corrected chi connectivity index (χ1v) is 10.7. The number of diazo groups is 1. The first kappa shape index (κ1) is 25.8. The Kier molecular flexibility index (Phi) is 9.84. The van der Waals surface area contributed by atoms with E-state index in [0.29, 0.717) is 22.7 Å². The molecule has 33 heavy (non-hydrogen) atoms. The van der Waals surface area contributed by atoms with E-state index in [9.17, 15) is 10.1 Å². The lowest BCUT2D eigenvalue weighted by atomic mass is 10.1. The summed E-state index contributed by atoms with van der Waals surface area (Å²) in [4.78, 5) is 16.2. The maximum Gasteiger partial charge on any atom is 0.391 e. The summed E-state index contributed by atoms with van der Waals surface area (Å²) in [5, 5.41) is 24.6. The molecule has 0 heterocycles. The number of methoxy groups -OCH3 is 1. The van der Waals surface area contributed by atoms with Crippen LogP contribution in [0.5, 0.6) is 5.75 Å². The van der Waals surface area contributed by atoms with Gasteiger partial charge in [0.25, 0.3) is 5.91 Å². The van der Waals surface area contributed by atoms with Gasteiger partial charge in [0, 0.05) is 16.0 Å². The summed E-state index contributed by atoms with van der Waals surface area (Å²) in [7, 11) is 1.49. The van der Waals surface area contributed by atoms with Gasteiger partial charge in [-0.15, -0.1) is 0 Å². The fraction of sp³-hybridized carbons (Fsp3) is 0.208. The molecule has 0 unspecified atom stereocenters. The van der Waals surface area contributed by atoms with Gasteiger partial charge in [0.05, 0.1) is 30.9 Å². The van der Waals surface area contributed by atoms with Crippen LogP contribution in [0, 0.1) is 33.1 Å². The van der Waals surface area contributed by atoms with Gasteiger partial charge in [-0.2, -0.15) is 4.33 Å². The molecule has 1 amide bonds. The second-order valence-corrected chi connectivity index (χ2v) is 7.92. The highest BCUT2D eigenvalue weighted by molar-refractivity contribution is 7.94. The first-order chi connectivity index (χ1) is 15.8. The molecule has 8 nitrogen and oxygen atoms in total. The maximum atomic E-state index is 12.1. The van der Waals surface area contributed by atoms with Crippen molar-refractivity contribution in [1.82, 2.24) is 0 Å². The molecular formula is C24H25N3O5S. The van der Waals surface area contributed by atoms with Crippen LogP contribution in [-0.2, 0) is 9.37 Å². The Morgan fingerprint density at radius 2 is 1.64 bits per heavy atom. The predicted octanol–water partition coefficient (Wildman–Crippen LogP) is 5.58. The van der Waals surface area contributed by atoms with Crippen LogP contribution < -0.4 is 15.3 Å². The quantitative estimate of drug-likeness (QED) is 0.218. The van der Waals surface area contributed by atoms with Gasteiger partial charge in [-0.1, -0.05) is 35.9 Å². The van der Waals surface area contributed by atoms with E-state index in [0.717, 1.165) is 33.6 Å². The third kappa shape index (κ3) is 7.30. The molecule has 0 bridgehead atoms. The molecule has 3 aromatic carbocycles. The molecule has 0 radical (unpaired) electrons. The molecule has 172 valence electrons. The zero-order valence-corrected chi connectivity index (χ0v) is 19.9. The van der Waals surface area contributed by atoms with Gasteiger partial charge >= 0.3 is 5.69 Å². The molecule has 9 heteroatoms. The predicted molar refractivity (Wildman–Crippen MR) is 126 cm³/mol. The van der Waals surface area contributed by atoms with Crippen LogP contribution in [-0.4, -0.2) is 13.0 Å². The van der Waals surface area contributed by atoms with Crippen molar-refractivity contribution in [3.63, 3.8) is 0 Å². The summed E-state index contributed by atoms with van der Waals surface area (Å²) in [6.45, 7) is 7.75. The molecule has 0 aromatic heterocycles. The van der Waals surface area contributed by atoms with Crippen LogP contribution in [0.15, 0.2) is 59.5 Å². The minimum absolute atomic E-state index is 0.225. The second kappa shape index (κ2) is 12.6. The second-order valence-electron chi connectivity index (χ2n) is 7.21. The molecule has 0 aliphatic rings. The third-order valence-electron chi connectivity index (χ3n) is 4.66. The Bertz CT molecular complexity index is 1120. The van der Waals surface area contributed by atoms with E-state index in [2.05, 4.69) is 19.7 Å². The molecule has 0 spiro atoms. The molecule has 0 saturated carbocycles. The molecule has 0 fully saturated rings. The largest absolute Gasteiger partial charge is 0.691 e. The molecule has 3 aromatic rings. The standard InChI is InChI=1S/C15H13N3O2.C9H12O3S/c1-10-8-13(14(20-2)9-12(10)18-16)17-15(19)11-6-4-3-5-7-11;1-6-4-7(2)9(8(3)5-6)13-12-11-10/h3-9H,1-2H3;4-5,10H,1-3H3. The maximum absolute atomic E-state index is 12.1. The third-order valence-corrected chi connectivity index (χ3v) is 5.59. The fourth-order valence-corrected chi connectivity index (χ4v) is 3.66. The summed E-state index contributed by atoms with van der Waals surface area (Å²) >= 11 is 0.948. The smallest absolute Gasteiger partial charge is 0.391 e. The summed E-state index contributed by atoms with van der Waals surface area (Å²) in [6, 6.07) is 16.2. The molecule has 0 aliphatic carbocycles. The highest BCUT2D eigenvalue weighted by Gasteiger charge is 2.17. The first-order valence-electron chi connectivity index (χ1n) is 9.91. The van der Waals surface area contributed by atoms with Gasteiger partial charge in [0.2, 0.25) is 5.39 Å². The van der Waals surface area contributed by atoms with Crippen molar-refractivity contribution in [2.75, 3.05) is 12.4 Å². The highest BCUT2D eigenvalue weighted by Crippen LogP contribution is 2.33. The van der Waals surface area contributed by atoms with Gasteiger partial charge in [0.1, 0.15) is 5.75 Å². The zero-order chi connectivity index (χ0) is 24.4. The summed E-state index contributed by atoms with van der Waals surface area (Å²) in [5.41, 5.74) is 5.59. The average Bonchev–Trinajstić information content (AvgIpc) is 2.79. The van der Waals surface area contributed by atoms with Crippen LogP contribution in [0.4, 0.5) is 11.4 Å². The lowest BCUT2D eigenvalue weighted by molar-refractivity contribution is -0.777. The van der Waals surface area contributed by atoms with Crippen molar-refractivity contribution < 1.29 is 24.2 Å². The number of carbonyl (C=O) groups is 1. The Hall–Kier alpha value is -3.42. The zero-order valence-electron chi connectivity index (χ0n) is 19.0. The van der Waals surface area contributed by atoms with E-state index >= 15 is 0 Å². The van der Waals surface area contributed by atoms with Crippen molar-refractivity contribution >= 4 is 29.3 Å². The number of rotatable bonds is 6. The van der Waals surface area contributed by atoms with E-state index < -0.39 is 0 Å². The SMILES string of the molecule is COc1cc([N+]#N)c(C)cc1NC(=O)c1ccccc1.Cc1cc(C)c(SOO[O-])c(C)c1. The van der Waals surface area contributed by atoms with Crippen LogP contribution >= 0.6 is 12.0 Å². The lowest BCUT2D eigenvalue weighted by Gasteiger charge is -2.10. The highest BCUT2D eigenvalue weighted by atomic mass is 32.2. The van der Waals surface area contributed by atoms with Gasteiger partial charge < -0.3 is 15.3 Å². The fourth-order valence-electron chi connectivity index (χ4n) is 3.18. The van der Waals surface area contributed by atoms with E-state index in [1.165, 1.54) is 12.7 Å². The number of aryl methyl sites for hydroxylation is 4. The summed E-state index contributed by atoms with van der Waals surface area (Å²) in [6.07, 6.45) is 0. The molecular weight excluding hydrogens is 442 g/mol. The van der Waals surface area contributed by atoms with Gasteiger partial charge in [-0.3, -0.25) is 9.83 Å². The van der Waals surface area contributed by atoms with E-state index in [4.69, 9.17) is 10.1 Å². The number of benzene rings is 3. The summed E-state index contributed by atoms with van der Waals surface area (Å²) < 4.78 is 9.48. The van der Waals surface area contributed by atoms with Gasteiger partial charge in [-0.05, 0) is 57.0 Å². The minimum Gasteiger partial charge on any atom is -0.691 e. The Morgan fingerprint density at radius 1 is 1.00 bits per heavy atom. The number of ether oxygens (including phenoxy) is 1. The minimum atomic E-state index is -0.225. The van der Waals surface area contributed by atoms with Crippen molar-refractivity contribution in [2.24, 2.45) is 0 Å². The number of carbonyl (C=O) groups excluding carboxylic acids is 1. The topological polar surface area (TPSA) is 108 Å². The van der Waals surface area contributed by atoms with E-state index in [-0.39, 0.29) is 5.91 Å². The van der Waals surface area contributed by atoms with Crippen molar-refractivity contribution in [3.05, 3.63) is 87.4 Å². The Morgan fingerprint density at radius 3 is 2.18 bits per heavy atom. The van der Waals surface area contributed by atoms with Crippen molar-refractivity contribution in [2.45, 2.75) is 32.6 Å². The number of anilines is 1. The monoisotopic (exact) mass is 467 g/mol. The Labute approximate surface area is 197 Å². The molecule has 0 atom stereocenters. The van der Waals surface area contributed by atoms with Gasteiger partial charge in [-0.25, -0.2) is 0 Å². The average molecular weight is 468 g/mol. The molecule has 0 aliphatic heterocycles. The molecule has 3 rings (SSSR count). The van der Waals surface area contributed by atoms with Crippen molar-refractivity contribution in [1.29, 1.82) is 5.39 Å². The molecule has 1 N–H and O–H groups in total. The number of nitrogens with zero attached hydrogens (tertiary/aromatic N) is 2. The number of hydrogen-bond acceptors (Lipinski definition) is 7. The number of hydrogen-bond donors (Lipinski definition) is 1. The number of nitrogens with one attached hydrogen (secondary N) is 1. The summed E-state index contributed by atoms with van der Waals surface area (Å²) in [5.74, 6) is 0.213. The molecule has 0 saturated heterocycles. The van der Waals surface area contributed by atoms with E-state index in [1.807, 2.05) is 39.0 Å². The van der Waals surface area contributed by atoms with Crippen LogP contribution in [0.2, 0.25) is 0 Å². The Balaban J connectivity index is 0.000000257. The van der Waals surface area contributed by atoms with Crippen molar-refractivity contribution in [3.8, 4) is 5.75 Å². The van der Waals surface area contributed by atoms with Crippen LogP contribution in [0.1, 0.15) is 32.6 Å². The van der Waals surface area contributed by atoms with E-state index in [1.54, 1.807) is 43.3 Å². The lowest BCUT2D eigenvalue weighted by Crippen LogP contribution is -2.12. The van der Waals surface area contributed by atoms with Gasteiger partial charge in [0.15, 0.2) is 4.98 Å².